The zero-order chi connectivity index (χ0) is 11.0. The number of carbonyl (C=O) groups excluding carboxylic acids is 1. The summed E-state index contributed by atoms with van der Waals surface area (Å²) in [5, 5.41) is 0. The minimum absolute atomic E-state index is 0.104. The Labute approximate surface area is 87.0 Å². The van der Waals surface area contributed by atoms with Crippen molar-refractivity contribution in [2.45, 2.75) is 40.0 Å². The first kappa shape index (κ1) is 13.4. The predicted molar refractivity (Wildman–Crippen MR) is 57.9 cm³/mol. The van der Waals surface area contributed by atoms with E-state index in [1.165, 1.54) is 0 Å². The first-order valence-corrected chi connectivity index (χ1v) is 5.48. The first-order chi connectivity index (χ1) is 6.61. The molecule has 84 valence electrons. The standard InChI is InChI=1S/C11H23NO2/c1-4-5-10(8-12)11(13)14-7-6-9(2)3/h9-10H,4-8,12H2,1-3H3. The third-order valence-electron chi connectivity index (χ3n) is 2.19. The molecule has 0 radical (unpaired) electrons. The normalized spacial score (nSPS) is 12.9. The van der Waals surface area contributed by atoms with E-state index in [4.69, 9.17) is 10.5 Å². The lowest BCUT2D eigenvalue weighted by Gasteiger charge is -2.13. The molecule has 0 aromatic carbocycles. The summed E-state index contributed by atoms with van der Waals surface area (Å²) in [5.74, 6) is 0.340. The second-order valence-electron chi connectivity index (χ2n) is 4.07. The van der Waals surface area contributed by atoms with E-state index in [1.54, 1.807) is 0 Å². The van der Waals surface area contributed by atoms with E-state index in [1.807, 2.05) is 6.92 Å². The largest absolute Gasteiger partial charge is 0.465 e. The summed E-state index contributed by atoms with van der Waals surface area (Å²) < 4.78 is 5.14. The van der Waals surface area contributed by atoms with E-state index in [-0.39, 0.29) is 11.9 Å². The van der Waals surface area contributed by atoms with Crippen LogP contribution >= 0.6 is 0 Å². The molecule has 0 heterocycles. The van der Waals surface area contributed by atoms with E-state index in [0.717, 1.165) is 19.3 Å². The predicted octanol–water partition coefficient (Wildman–Crippen LogP) is 1.95. The minimum atomic E-state index is -0.130. The number of hydrogen-bond donors (Lipinski definition) is 1. The molecule has 0 aliphatic carbocycles. The van der Waals surface area contributed by atoms with Crippen molar-refractivity contribution in [3.8, 4) is 0 Å². The molecule has 0 rings (SSSR count). The Balaban J connectivity index is 3.69. The summed E-state index contributed by atoms with van der Waals surface area (Å²) in [5.41, 5.74) is 5.49. The van der Waals surface area contributed by atoms with Crippen molar-refractivity contribution in [2.24, 2.45) is 17.6 Å². The first-order valence-electron chi connectivity index (χ1n) is 5.48. The molecule has 0 aromatic heterocycles. The van der Waals surface area contributed by atoms with Gasteiger partial charge in [0.05, 0.1) is 12.5 Å². The van der Waals surface area contributed by atoms with Crippen LogP contribution in [0.1, 0.15) is 40.0 Å². The van der Waals surface area contributed by atoms with Crippen molar-refractivity contribution < 1.29 is 9.53 Å². The molecule has 1 atom stereocenters. The molecule has 0 fully saturated rings. The van der Waals surface area contributed by atoms with Gasteiger partial charge in [-0.1, -0.05) is 27.2 Å². The van der Waals surface area contributed by atoms with Crippen molar-refractivity contribution in [2.75, 3.05) is 13.2 Å². The van der Waals surface area contributed by atoms with Gasteiger partial charge < -0.3 is 10.5 Å². The Morgan fingerprint density at radius 3 is 2.43 bits per heavy atom. The van der Waals surface area contributed by atoms with Gasteiger partial charge in [0.25, 0.3) is 0 Å². The third-order valence-corrected chi connectivity index (χ3v) is 2.19. The van der Waals surface area contributed by atoms with Crippen LogP contribution in [0.3, 0.4) is 0 Å². The van der Waals surface area contributed by atoms with Crippen molar-refractivity contribution in [1.82, 2.24) is 0 Å². The molecule has 14 heavy (non-hydrogen) atoms. The molecule has 0 amide bonds. The fourth-order valence-electron chi connectivity index (χ4n) is 1.19. The van der Waals surface area contributed by atoms with Gasteiger partial charge in [-0.3, -0.25) is 4.79 Å². The Morgan fingerprint density at radius 2 is 2.00 bits per heavy atom. The minimum Gasteiger partial charge on any atom is -0.465 e. The van der Waals surface area contributed by atoms with Crippen LogP contribution in [0.25, 0.3) is 0 Å². The van der Waals surface area contributed by atoms with Gasteiger partial charge in [0.1, 0.15) is 0 Å². The molecule has 0 aliphatic heterocycles. The van der Waals surface area contributed by atoms with Gasteiger partial charge in [-0.2, -0.15) is 0 Å². The maximum atomic E-state index is 11.4. The molecule has 0 aliphatic rings. The number of nitrogens with two attached hydrogens (primary N) is 1. The van der Waals surface area contributed by atoms with Gasteiger partial charge in [0.2, 0.25) is 0 Å². The second kappa shape index (κ2) is 7.80. The monoisotopic (exact) mass is 201 g/mol. The lowest BCUT2D eigenvalue weighted by molar-refractivity contribution is -0.148. The second-order valence-corrected chi connectivity index (χ2v) is 4.07. The van der Waals surface area contributed by atoms with Crippen LogP contribution in [0.2, 0.25) is 0 Å². The SMILES string of the molecule is CCCC(CN)C(=O)OCCC(C)C. The Morgan fingerprint density at radius 1 is 1.36 bits per heavy atom. The van der Waals surface area contributed by atoms with Gasteiger partial charge in [-0.25, -0.2) is 0 Å². The number of hydrogen-bond acceptors (Lipinski definition) is 3. The highest BCUT2D eigenvalue weighted by molar-refractivity contribution is 5.72. The maximum Gasteiger partial charge on any atom is 0.310 e. The van der Waals surface area contributed by atoms with E-state index >= 15 is 0 Å². The van der Waals surface area contributed by atoms with Crippen LogP contribution in [-0.2, 0) is 9.53 Å². The molecule has 1 unspecified atom stereocenters. The summed E-state index contributed by atoms with van der Waals surface area (Å²) in [7, 11) is 0. The van der Waals surface area contributed by atoms with Crippen LogP contribution in [-0.4, -0.2) is 19.1 Å². The smallest absolute Gasteiger partial charge is 0.310 e. The molecular weight excluding hydrogens is 178 g/mol. The van der Waals surface area contributed by atoms with E-state index in [9.17, 15) is 4.79 Å². The average molecular weight is 201 g/mol. The highest BCUT2D eigenvalue weighted by Crippen LogP contribution is 2.08. The Bertz CT molecular complexity index is 157. The van der Waals surface area contributed by atoms with Gasteiger partial charge in [-0.05, 0) is 18.8 Å². The number of carbonyl (C=O) groups is 1. The average Bonchev–Trinajstić information content (AvgIpc) is 2.13. The van der Waals surface area contributed by atoms with Crippen molar-refractivity contribution >= 4 is 5.97 Å². The summed E-state index contributed by atoms with van der Waals surface area (Å²) in [6.45, 7) is 7.19. The highest BCUT2D eigenvalue weighted by atomic mass is 16.5. The molecule has 3 heteroatoms. The van der Waals surface area contributed by atoms with E-state index in [2.05, 4.69) is 13.8 Å². The highest BCUT2D eigenvalue weighted by Gasteiger charge is 2.16. The third kappa shape index (κ3) is 5.97. The summed E-state index contributed by atoms with van der Waals surface area (Å²) in [4.78, 5) is 11.4. The van der Waals surface area contributed by atoms with Crippen LogP contribution in [0.5, 0.6) is 0 Å². The zero-order valence-electron chi connectivity index (χ0n) is 9.58. The maximum absolute atomic E-state index is 11.4. The van der Waals surface area contributed by atoms with Crippen LogP contribution in [0.4, 0.5) is 0 Å². The van der Waals surface area contributed by atoms with Crippen molar-refractivity contribution in [3.05, 3.63) is 0 Å². The summed E-state index contributed by atoms with van der Waals surface area (Å²) >= 11 is 0. The quantitative estimate of drug-likeness (QED) is 0.640. The van der Waals surface area contributed by atoms with Gasteiger partial charge in [-0.15, -0.1) is 0 Å². The molecule has 2 N–H and O–H groups in total. The summed E-state index contributed by atoms with van der Waals surface area (Å²) in [6.07, 6.45) is 2.73. The lowest BCUT2D eigenvalue weighted by Crippen LogP contribution is -2.26. The van der Waals surface area contributed by atoms with Crippen LogP contribution < -0.4 is 5.73 Å². The fraction of sp³-hybridized carbons (Fsp3) is 0.909. The Kier molecular flexibility index (Phi) is 7.48. The molecule has 0 saturated carbocycles. The van der Waals surface area contributed by atoms with Gasteiger partial charge in [0.15, 0.2) is 0 Å². The molecule has 0 bridgehead atoms. The van der Waals surface area contributed by atoms with Crippen LogP contribution in [0.15, 0.2) is 0 Å². The van der Waals surface area contributed by atoms with Gasteiger partial charge >= 0.3 is 5.97 Å². The van der Waals surface area contributed by atoms with Crippen molar-refractivity contribution in [3.63, 3.8) is 0 Å². The fourth-order valence-corrected chi connectivity index (χ4v) is 1.19. The van der Waals surface area contributed by atoms with E-state index < -0.39 is 0 Å². The molecule has 0 saturated heterocycles. The number of esters is 1. The summed E-state index contributed by atoms with van der Waals surface area (Å²) in [6, 6.07) is 0. The van der Waals surface area contributed by atoms with Gasteiger partial charge in [0, 0.05) is 6.54 Å². The van der Waals surface area contributed by atoms with Crippen molar-refractivity contribution in [1.29, 1.82) is 0 Å². The van der Waals surface area contributed by atoms with Crippen LogP contribution in [0, 0.1) is 11.8 Å². The topological polar surface area (TPSA) is 52.3 Å². The molecule has 0 aromatic rings. The zero-order valence-corrected chi connectivity index (χ0v) is 9.58. The molecule has 0 spiro atoms. The number of ether oxygens (including phenoxy) is 1. The lowest BCUT2D eigenvalue weighted by atomic mass is 10.0. The Hall–Kier alpha value is -0.570. The van der Waals surface area contributed by atoms with E-state index in [0.29, 0.717) is 19.1 Å². The molecule has 3 nitrogen and oxygen atoms in total. The number of rotatable bonds is 7. The molecular formula is C11H23NO2.